The zero-order chi connectivity index (χ0) is 15.3. The van der Waals surface area contributed by atoms with Gasteiger partial charge in [-0.2, -0.15) is 0 Å². The molecule has 1 aliphatic carbocycles. The molecule has 2 rings (SSSR count). The summed E-state index contributed by atoms with van der Waals surface area (Å²) in [6, 6.07) is 6.45. The normalized spacial score (nSPS) is 25.1. The van der Waals surface area contributed by atoms with E-state index in [9.17, 15) is 14.3 Å². The van der Waals surface area contributed by atoms with Crippen molar-refractivity contribution in [3.8, 4) is 0 Å². The van der Waals surface area contributed by atoms with Crippen molar-refractivity contribution in [1.29, 1.82) is 0 Å². The van der Waals surface area contributed by atoms with E-state index >= 15 is 0 Å². The Kier molecular flexibility index (Phi) is 5.65. The highest BCUT2D eigenvalue weighted by Gasteiger charge is 2.48. The van der Waals surface area contributed by atoms with Crippen LogP contribution in [-0.4, -0.2) is 28.9 Å². The lowest BCUT2D eigenvalue weighted by atomic mass is 9.85. The average molecular weight is 311 g/mol. The Hall–Kier alpha value is -1.07. The van der Waals surface area contributed by atoms with Gasteiger partial charge in [0.1, 0.15) is 11.4 Å². The largest absolute Gasteiger partial charge is 0.480 e. The minimum Gasteiger partial charge on any atom is -0.480 e. The fourth-order valence-corrected chi connectivity index (χ4v) is 4.19. The molecule has 0 heterocycles. The monoisotopic (exact) mass is 311 g/mol. The number of hydrogen-bond donors (Lipinski definition) is 2. The minimum absolute atomic E-state index is 0.169. The number of rotatable bonds is 7. The summed E-state index contributed by atoms with van der Waals surface area (Å²) >= 11 is 1.66. The van der Waals surface area contributed by atoms with E-state index in [1.165, 1.54) is 12.1 Å². The van der Waals surface area contributed by atoms with E-state index in [1.54, 1.807) is 23.9 Å². The summed E-state index contributed by atoms with van der Waals surface area (Å²) in [4.78, 5) is 12.7. The number of likely N-dealkylation sites (N-methyl/N-ethyl adjacent to an activating group) is 1. The zero-order valence-electron chi connectivity index (χ0n) is 12.3. The van der Waals surface area contributed by atoms with Crippen molar-refractivity contribution in [1.82, 2.24) is 5.32 Å². The standard InChI is InChI=1S/C16H22FNO2S/c1-2-18-16(15(19)20)10-3-4-12(16)9-11-21-14-7-5-13(17)6-8-14/h5-8,12,18H,2-4,9-11H2,1H3,(H,19,20). The summed E-state index contributed by atoms with van der Waals surface area (Å²) in [6.07, 6.45) is 3.50. The number of halogens is 1. The minimum atomic E-state index is -0.752. The quantitative estimate of drug-likeness (QED) is 0.756. The van der Waals surface area contributed by atoms with Gasteiger partial charge < -0.3 is 10.4 Å². The molecule has 0 spiro atoms. The third-order valence-electron chi connectivity index (χ3n) is 4.24. The smallest absolute Gasteiger partial charge is 0.324 e. The molecule has 0 radical (unpaired) electrons. The van der Waals surface area contributed by atoms with E-state index in [2.05, 4.69) is 5.32 Å². The SMILES string of the molecule is CCNC1(C(=O)O)CCCC1CCSc1ccc(F)cc1. The highest BCUT2D eigenvalue weighted by molar-refractivity contribution is 7.99. The van der Waals surface area contributed by atoms with Crippen LogP contribution in [-0.2, 0) is 4.79 Å². The van der Waals surface area contributed by atoms with E-state index in [0.29, 0.717) is 13.0 Å². The first kappa shape index (κ1) is 16.3. The van der Waals surface area contributed by atoms with Crippen LogP contribution in [0.25, 0.3) is 0 Å². The topological polar surface area (TPSA) is 49.3 Å². The van der Waals surface area contributed by atoms with Crippen LogP contribution in [0.1, 0.15) is 32.6 Å². The van der Waals surface area contributed by atoms with E-state index in [1.807, 2.05) is 6.92 Å². The Balaban J connectivity index is 1.92. The van der Waals surface area contributed by atoms with Crippen LogP contribution < -0.4 is 5.32 Å². The third kappa shape index (κ3) is 3.77. The van der Waals surface area contributed by atoms with Crippen molar-refractivity contribution in [2.24, 2.45) is 5.92 Å². The van der Waals surface area contributed by atoms with Gasteiger partial charge in [0.15, 0.2) is 0 Å². The van der Waals surface area contributed by atoms with Gasteiger partial charge in [0.05, 0.1) is 0 Å². The number of carbonyl (C=O) groups is 1. The predicted octanol–water partition coefficient (Wildman–Crippen LogP) is 3.54. The van der Waals surface area contributed by atoms with Crippen LogP contribution in [0.2, 0.25) is 0 Å². The zero-order valence-corrected chi connectivity index (χ0v) is 13.1. The maximum absolute atomic E-state index is 12.8. The molecule has 116 valence electrons. The van der Waals surface area contributed by atoms with Gasteiger partial charge in [-0.1, -0.05) is 13.3 Å². The molecule has 1 aliphatic rings. The molecule has 0 aromatic heterocycles. The van der Waals surface area contributed by atoms with E-state index < -0.39 is 11.5 Å². The second-order valence-electron chi connectivity index (χ2n) is 5.49. The van der Waals surface area contributed by atoms with E-state index in [-0.39, 0.29) is 11.7 Å². The molecule has 0 aliphatic heterocycles. The van der Waals surface area contributed by atoms with Crippen molar-refractivity contribution < 1.29 is 14.3 Å². The van der Waals surface area contributed by atoms with E-state index in [4.69, 9.17) is 0 Å². The number of thioether (sulfide) groups is 1. The van der Waals surface area contributed by atoms with Crippen LogP contribution in [0.15, 0.2) is 29.2 Å². The van der Waals surface area contributed by atoms with Crippen LogP contribution in [0.5, 0.6) is 0 Å². The number of carboxylic acid groups (broad SMARTS) is 1. The lowest BCUT2D eigenvalue weighted by molar-refractivity contribution is -0.146. The molecule has 1 fully saturated rings. The third-order valence-corrected chi connectivity index (χ3v) is 5.29. The molecule has 2 unspecified atom stereocenters. The number of benzene rings is 1. The second-order valence-corrected chi connectivity index (χ2v) is 6.66. The van der Waals surface area contributed by atoms with Gasteiger partial charge >= 0.3 is 5.97 Å². The predicted molar refractivity (Wildman–Crippen MR) is 83.1 cm³/mol. The van der Waals surface area contributed by atoms with E-state index in [0.717, 1.165) is 29.9 Å². The van der Waals surface area contributed by atoms with Crippen molar-refractivity contribution >= 4 is 17.7 Å². The molecule has 0 amide bonds. The highest BCUT2D eigenvalue weighted by Crippen LogP contribution is 2.39. The Morgan fingerprint density at radius 3 is 2.81 bits per heavy atom. The summed E-state index contributed by atoms with van der Waals surface area (Å²) < 4.78 is 12.8. The van der Waals surface area contributed by atoms with Crippen molar-refractivity contribution in [3.63, 3.8) is 0 Å². The molecule has 1 aromatic carbocycles. The van der Waals surface area contributed by atoms with Crippen molar-refractivity contribution in [2.75, 3.05) is 12.3 Å². The maximum Gasteiger partial charge on any atom is 0.324 e. The first-order valence-electron chi connectivity index (χ1n) is 7.45. The Labute approximate surface area is 129 Å². The summed E-state index contributed by atoms with van der Waals surface area (Å²) in [5.74, 6) is 0.0743. The van der Waals surface area contributed by atoms with Gasteiger partial charge in [0.2, 0.25) is 0 Å². The van der Waals surface area contributed by atoms with Gasteiger partial charge in [-0.15, -0.1) is 11.8 Å². The van der Waals surface area contributed by atoms with Gasteiger partial charge in [-0.25, -0.2) is 4.39 Å². The van der Waals surface area contributed by atoms with Crippen LogP contribution in [0.3, 0.4) is 0 Å². The fraction of sp³-hybridized carbons (Fsp3) is 0.562. The van der Waals surface area contributed by atoms with Gasteiger partial charge in [-0.3, -0.25) is 4.79 Å². The summed E-state index contributed by atoms with van der Waals surface area (Å²) in [5.41, 5.74) is -0.752. The average Bonchev–Trinajstić information content (AvgIpc) is 2.86. The molecule has 1 saturated carbocycles. The van der Waals surface area contributed by atoms with Gasteiger partial charge in [0.25, 0.3) is 0 Å². The molecule has 2 atom stereocenters. The Morgan fingerprint density at radius 2 is 2.19 bits per heavy atom. The molecule has 0 bridgehead atoms. The van der Waals surface area contributed by atoms with Gasteiger partial charge in [0, 0.05) is 4.90 Å². The Bertz CT molecular complexity index is 480. The Morgan fingerprint density at radius 1 is 1.48 bits per heavy atom. The maximum atomic E-state index is 12.8. The second kappa shape index (κ2) is 7.27. The molecule has 1 aromatic rings. The first-order chi connectivity index (χ1) is 10.1. The molecule has 2 N–H and O–H groups in total. The van der Waals surface area contributed by atoms with Gasteiger partial charge in [-0.05, 0) is 61.7 Å². The molecule has 0 saturated heterocycles. The fourth-order valence-electron chi connectivity index (χ4n) is 3.22. The lowest BCUT2D eigenvalue weighted by Crippen LogP contribution is -2.54. The molecular formula is C16H22FNO2S. The number of carboxylic acids is 1. The molecule has 3 nitrogen and oxygen atoms in total. The van der Waals surface area contributed by atoms with Crippen LogP contribution in [0.4, 0.5) is 4.39 Å². The molecule has 21 heavy (non-hydrogen) atoms. The summed E-state index contributed by atoms with van der Waals surface area (Å²) in [6.45, 7) is 2.63. The highest BCUT2D eigenvalue weighted by atomic mass is 32.2. The number of aliphatic carboxylic acids is 1. The number of nitrogens with one attached hydrogen (secondary N) is 1. The number of hydrogen-bond acceptors (Lipinski definition) is 3. The summed E-state index contributed by atoms with van der Waals surface area (Å²) in [5, 5.41) is 12.8. The first-order valence-corrected chi connectivity index (χ1v) is 8.44. The summed E-state index contributed by atoms with van der Waals surface area (Å²) in [7, 11) is 0. The molecule has 5 heteroatoms. The van der Waals surface area contributed by atoms with Crippen LogP contribution >= 0.6 is 11.8 Å². The van der Waals surface area contributed by atoms with Crippen molar-refractivity contribution in [2.45, 2.75) is 43.0 Å². The molecular weight excluding hydrogens is 289 g/mol. The van der Waals surface area contributed by atoms with Crippen LogP contribution in [0, 0.1) is 11.7 Å². The lowest BCUT2D eigenvalue weighted by Gasteiger charge is -2.32. The van der Waals surface area contributed by atoms with Crippen molar-refractivity contribution in [3.05, 3.63) is 30.1 Å².